The van der Waals surface area contributed by atoms with E-state index in [2.05, 4.69) is 10.3 Å². The second-order valence-electron chi connectivity index (χ2n) is 6.34. The number of H-pyrrole nitrogens is 1. The number of benzene rings is 2. The number of hydrogen-bond donors (Lipinski definition) is 2. The van der Waals surface area contributed by atoms with Crippen molar-refractivity contribution in [3.63, 3.8) is 0 Å². The topological polar surface area (TPSA) is 71.2 Å². The molecule has 0 aliphatic carbocycles. The normalized spacial score (nSPS) is 11.9. The molecule has 3 rings (SSSR count). The molecule has 0 saturated heterocycles. The summed E-state index contributed by atoms with van der Waals surface area (Å²) in [4.78, 5) is 27.2. The fraction of sp³-hybridized carbons (Fsp3) is 0.238. The standard InChI is InChI=1S/C21H21FN2O3/c1-14(21(26)24-17-11-9-16(22)10-12-17)27-20(25)8-4-5-15-13-23-19-7-3-2-6-18(15)19/h2-3,6-7,9-14,23H,4-5,8H2,1H3,(H,24,26)/t14-/m0/s1. The molecule has 0 radical (unpaired) electrons. The highest BCUT2D eigenvalue weighted by atomic mass is 19.1. The van der Waals surface area contributed by atoms with Crippen LogP contribution in [0.5, 0.6) is 0 Å². The smallest absolute Gasteiger partial charge is 0.306 e. The zero-order chi connectivity index (χ0) is 19.2. The van der Waals surface area contributed by atoms with Gasteiger partial charge in [0.15, 0.2) is 6.10 Å². The number of esters is 1. The molecule has 140 valence electrons. The van der Waals surface area contributed by atoms with Crippen molar-refractivity contribution in [1.82, 2.24) is 4.98 Å². The number of carbonyl (C=O) groups excluding carboxylic acids is 2. The maximum absolute atomic E-state index is 12.9. The van der Waals surface area contributed by atoms with Crippen molar-refractivity contribution in [2.75, 3.05) is 5.32 Å². The van der Waals surface area contributed by atoms with Crippen LogP contribution >= 0.6 is 0 Å². The predicted molar refractivity (Wildman–Crippen MR) is 102 cm³/mol. The van der Waals surface area contributed by atoms with Crippen LogP contribution in [-0.4, -0.2) is 23.0 Å². The summed E-state index contributed by atoms with van der Waals surface area (Å²) in [5, 5.41) is 3.74. The molecular weight excluding hydrogens is 347 g/mol. The van der Waals surface area contributed by atoms with E-state index in [-0.39, 0.29) is 12.2 Å². The van der Waals surface area contributed by atoms with Gasteiger partial charge in [-0.25, -0.2) is 4.39 Å². The van der Waals surface area contributed by atoms with Gasteiger partial charge < -0.3 is 15.0 Å². The molecule has 0 saturated carbocycles. The summed E-state index contributed by atoms with van der Waals surface area (Å²) in [6.07, 6.45) is 2.64. The van der Waals surface area contributed by atoms with E-state index in [0.717, 1.165) is 22.9 Å². The number of anilines is 1. The average molecular weight is 368 g/mol. The molecule has 27 heavy (non-hydrogen) atoms. The van der Waals surface area contributed by atoms with Gasteiger partial charge in [-0.1, -0.05) is 18.2 Å². The van der Waals surface area contributed by atoms with Gasteiger partial charge in [0.05, 0.1) is 0 Å². The van der Waals surface area contributed by atoms with Crippen molar-refractivity contribution in [2.45, 2.75) is 32.3 Å². The lowest BCUT2D eigenvalue weighted by Crippen LogP contribution is -2.29. The van der Waals surface area contributed by atoms with E-state index in [1.54, 1.807) is 0 Å². The van der Waals surface area contributed by atoms with Crippen molar-refractivity contribution in [3.05, 3.63) is 66.1 Å². The number of aryl methyl sites for hydroxylation is 1. The van der Waals surface area contributed by atoms with Crippen molar-refractivity contribution < 1.29 is 18.7 Å². The van der Waals surface area contributed by atoms with Gasteiger partial charge in [-0.2, -0.15) is 0 Å². The number of fused-ring (bicyclic) bond motifs is 1. The van der Waals surface area contributed by atoms with E-state index in [9.17, 15) is 14.0 Å². The maximum atomic E-state index is 12.9. The van der Waals surface area contributed by atoms with Crippen molar-refractivity contribution in [1.29, 1.82) is 0 Å². The van der Waals surface area contributed by atoms with Crippen molar-refractivity contribution >= 4 is 28.5 Å². The lowest BCUT2D eigenvalue weighted by Gasteiger charge is -2.13. The summed E-state index contributed by atoms with van der Waals surface area (Å²) in [5.74, 6) is -1.26. The third kappa shape index (κ3) is 4.94. The van der Waals surface area contributed by atoms with Gasteiger partial charge in [0.1, 0.15) is 5.82 Å². The summed E-state index contributed by atoms with van der Waals surface area (Å²) >= 11 is 0. The minimum atomic E-state index is -0.921. The van der Waals surface area contributed by atoms with Crippen molar-refractivity contribution in [3.8, 4) is 0 Å². The van der Waals surface area contributed by atoms with Crippen LogP contribution in [0.4, 0.5) is 10.1 Å². The maximum Gasteiger partial charge on any atom is 0.306 e. The number of aromatic amines is 1. The Balaban J connectivity index is 1.44. The lowest BCUT2D eigenvalue weighted by atomic mass is 10.1. The summed E-state index contributed by atoms with van der Waals surface area (Å²) in [6, 6.07) is 13.4. The first-order valence-corrected chi connectivity index (χ1v) is 8.84. The van der Waals surface area contributed by atoms with Gasteiger partial charge in [0.25, 0.3) is 5.91 Å². The number of hydrogen-bond acceptors (Lipinski definition) is 3. The lowest BCUT2D eigenvalue weighted by molar-refractivity contribution is -0.153. The van der Waals surface area contributed by atoms with Crippen LogP contribution in [0, 0.1) is 5.82 Å². The molecule has 5 nitrogen and oxygen atoms in total. The van der Waals surface area contributed by atoms with Gasteiger partial charge in [-0.15, -0.1) is 0 Å². The number of halogens is 1. The van der Waals surface area contributed by atoms with Crippen LogP contribution in [-0.2, 0) is 20.7 Å². The number of carbonyl (C=O) groups is 2. The van der Waals surface area contributed by atoms with Gasteiger partial charge in [-0.3, -0.25) is 9.59 Å². The molecule has 0 aliphatic heterocycles. The van der Waals surface area contributed by atoms with Crippen LogP contribution in [0.2, 0.25) is 0 Å². The van der Waals surface area contributed by atoms with Gasteiger partial charge in [0, 0.05) is 29.2 Å². The van der Waals surface area contributed by atoms with Gasteiger partial charge >= 0.3 is 5.97 Å². The first-order chi connectivity index (χ1) is 13.0. The Kier molecular flexibility index (Phi) is 5.86. The zero-order valence-corrected chi connectivity index (χ0v) is 15.0. The Morgan fingerprint density at radius 2 is 1.89 bits per heavy atom. The van der Waals surface area contributed by atoms with E-state index in [0.29, 0.717) is 12.1 Å². The molecule has 0 aliphatic rings. The van der Waals surface area contributed by atoms with E-state index >= 15 is 0 Å². The molecule has 1 atom stereocenters. The van der Waals surface area contributed by atoms with Crippen molar-refractivity contribution in [2.24, 2.45) is 0 Å². The average Bonchev–Trinajstić information content (AvgIpc) is 3.07. The molecule has 0 fully saturated rings. The summed E-state index contributed by atoms with van der Waals surface area (Å²) < 4.78 is 18.1. The number of rotatable bonds is 7. The number of amides is 1. The van der Waals surface area contributed by atoms with Crippen LogP contribution in [0.3, 0.4) is 0 Å². The first kappa shape index (κ1) is 18.6. The first-order valence-electron chi connectivity index (χ1n) is 8.84. The molecule has 1 aromatic heterocycles. The largest absolute Gasteiger partial charge is 0.453 e. The molecule has 6 heteroatoms. The van der Waals surface area contributed by atoms with Crippen LogP contribution in [0.15, 0.2) is 54.7 Å². The second kappa shape index (κ2) is 8.49. The second-order valence-corrected chi connectivity index (χ2v) is 6.34. The quantitative estimate of drug-likeness (QED) is 0.614. The molecule has 0 unspecified atom stereocenters. The van der Waals surface area contributed by atoms with E-state index in [1.807, 2.05) is 30.5 Å². The predicted octanol–water partition coefficient (Wildman–Crippen LogP) is 4.20. The molecule has 3 aromatic rings. The highest BCUT2D eigenvalue weighted by Crippen LogP contribution is 2.19. The highest BCUT2D eigenvalue weighted by molar-refractivity contribution is 5.95. The van der Waals surface area contributed by atoms with E-state index in [1.165, 1.54) is 31.2 Å². The van der Waals surface area contributed by atoms with Gasteiger partial charge in [-0.05, 0) is 55.7 Å². The fourth-order valence-electron chi connectivity index (χ4n) is 2.85. The number of nitrogens with one attached hydrogen (secondary N) is 2. The zero-order valence-electron chi connectivity index (χ0n) is 15.0. The Hall–Kier alpha value is -3.15. The minimum absolute atomic E-state index is 0.230. The molecule has 0 spiro atoms. The molecule has 0 bridgehead atoms. The van der Waals surface area contributed by atoms with Crippen LogP contribution in [0.25, 0.3) is 10.9 Å². The number of para-hydroxylation sites is 1. The fourth-order valence-corrected chi connectivity index (χ4v) is 2.85. The summed E-state index contributed by atoms with van der Waals surface area (Å²) in [7, 11) is 0. The van der Waals surface area contributed by atoms with E-state index < -0.39 is 18.0 Å². The van der Waals surface area contributed by atoms with Crippen LogP contribution < -0.4 is 5.32 Å². The van der Waals surface area contributed by atoms with Gasteiger partial charge in [0.2, 0.25) is 0 Å². The highest BCUT2D eigenvalue weighted by Gasteiger charge is 2.18. The summed E-state index contributed by atoms with van der Waals surface area (Å²) in [5.41, 5.74) is 2.67. The molecule has 2 aromatic carbocycles. The Morgan fingerprint density at radius 1 is 1.15 bits per heavy atom. The molecule has 1 amide bonds. The van der Waals surface area contributed by atoms with E-state index in [4.69, 9.17) is 4.74 Å². The molecule has 1 heterocycles. The summed E-state index contributed by atoms with van der Waals surface area (Å²) in [6.45, 7) is 1.51. The Bertz CT molecular complexity index is 934. The minimum Gasteiger partial charge on any atom is -0.453 e. The SMILES string of the molecule is C[C@H](OC(=O)CCCc1c[nH]c2ccccc12)C(=O)Nc1ccc(F)cc1. The third-order valence-corrected chi connectivity index (χ3v) is 4.29. The number of ether oxygens (including phenoxy) is 1. The Morgan fingerprint density at radius 3 is 2.67 bits per heavy atom. The third-order valence-electron chi connectivity index (χ3n) is 4.29. The number of aromatic nitrogens is 1. The molecule has 2 N–H and O–H groups in total. The molecular formula is C21H21FN2O3. The monoisotopic (exact) mass is 368 g/mol. The van der Waals surface area contributed by atoms with Crippen LogP contribution in [0.1, 0.15) is 25.3 Å². The Labute approximate surface area is 156 Å².